The standard InChI is InChI=1S/C20H23ClN4OS/c1-13-14(2)25(17-6-4-3-5-7-17)20(23-13)27-12-19(26)24-16-9-8-15(11-22)18(21)10-16/h8-10,17H,3-7,12H2,1-2H3,(H,24,26). The number of imidazole rings is 1. The van der Waals surface area contributed by atoms with Gasteiger partial charge in [0.15, 0.2) is 5.16 Å². The molecule has 1 aromatic heterocycles. The van der Waals surface area contributed by atoms with Gasteiger partial charge in [0.05, 0.1) is 22.0 Å². The first kappa shape index (κ1) is 19.8. The lowest BCUT2D eigenvalue weighted by Gasteiger charge is -2.26. The van der Waals surface area contributed by atoms with Gasteiger partial charge in [-0.05, 0) is 44.9 Å². The number of nitriles is 1. The van der Waals surface area contributed by atoms with Crippen LogP contribution in [0.3, 0.4) is 0 Å². The number of benzene rings is 1. The summed E-state index contributed by atoms with van der Waals surface area (Å²) in [6, 6.07) is 7.38. The molecule has 0 atom stereocenters. The van der Waals surface area contributed by atoms with Gasteiger partial charge in [-0.2, -0.15) is 5.26 Å². The lowest BCUT2D eigenvalue weighted by atomic mass is 9.95. The van der Waals surface area contributed by atoms with Gasteiger partial charge in [0, 0.05) is 17.4 Å². The summed E-state index contributed by atoms with van der Waals surface area (Å²) in [5.74, 6) is 0.162. The van der Waals surface area contributed by atoms with Gasteiger partial charge in [0.2, 0.25) is 5.91 Å². The largest absolute Gasteiger partial charge is 0.325 e. The number of rotatable bonds is 5. The normalized spacial score (nSPS) is 14.7. The van der Waals surface area contributed by atoms with E-state index in [0.29, 0.717) is 22.3 Å². The Morgan fingerprint density at radius 2 is 2.11 bits per heavy atom. The SMILES string of the molecule is Cc1nc(SCC(=O)Nc2ccc(C#N)c(Cl)c2)n(C2CCCCC2)c1C. The van der Waals surface area contributed by atoms with Crippen LogP contribution in [0.5, 0.6) is 0 Å². The fraction of sp³-hybridized carbons (Fsp3) is 0.450. The number of thioether (sulfide) groups is 1. The monoisotopic (exact) mass is 402 g/mol. The van der Waals surface area contributed by atoms with E-state index in [-0.39, 0.29) is 11.7 Å². The molecule has 27 heavy (non-hydrogen) atoms. The quantitative estimate of drug-likeness (QED) is 0.692. The molecular weight excluding hydrogens is 380 g/mol. The minimum Gasteiger partial charge on any atom is -0.325 e. The van der Waals surface area contributed by atoms with Crippen molar-refractivity contribution in [2.75, 3.05) is 11.1 Å². The van der Waals surface area contributed by atoms with E-state index in [1.807, 2.05) is 13.0 Å². The highest BCUT2D eigenvalue weighted by Gasteiger charge is 2.22. The molecule has 0 saturated heterocycles. The number of nitrogens with zero attached hydrogens (tertiary/aromatic N) is 3. The van der Waals surface area contributed by atoms with Crippen LogP contribution in [-0.2, 0) is 4.79 Å². The van der Waals surface area contributed by atoms with Crippen molar-refractivity contribution in [3.63, 3.8) is 0 Å². The zero-order valence-corrected chi connectivity index (χ0v) is 17.2. The predicted molar refractivity (Wildman–Crippen MR) is 109 cm³/mol. The Bertz CT molecular complexity index is 881. The number of amides is 1. The molecule has 2 aromatic rings. The average molecular weight is 403 g/mol. The third kappa shape index (κ3) is 4.66. The lowest BCUT2D eigenvalue weighted by molar-refractivity contribution is -0.113. The van der Waals surface area contributed by atoms with Crippen LogP contribution in [0.25, 0.3) is 0 Å². The highest BCUT2D eigenvalue weighted by molar-refractivity contribution is 7.99. The molecule has 142 valence electrons. The molecule has 3 rings (SSSR count). The second-order valence-electron chi connectivity index (χ2n) is 6.87. The number of carbonyl (C=O) groups excluding carboxylic acids is 1. The molecule has 1 N–H and O–H groups in total. The molecule has 7 heteroatoms. The van der Waals surface area contributed by atoms with Gasteiger partial charge in [-0.1, -0.05) is 42.6 Å². The lowest BCUT2D eigenvalue weighted by Crippen LogP contribution is -2.17. The van der Waals surface area contributed by atoms with Gasteiger partial charge in [-0.3, -0.25) is 4.79 Å². The first-order valence-electron chi connectivity index (χ1n) is 9.17. The van der Waals surface area contributed by atoms with Crippen LogP contribution in [0.1, 0.15) is 55.1 Å². The van der Waals surface area contributed by atoms with Crippen LogP contribution < -0.4 is 5.32 Å². The smallest absolute Gasteiger partial charge is 0.234 e. The van der Waals surface area contributed by atoms with Gasteiger partial charge >= 0.3 is 0 Å². The second kappa shape index (κ2) is 8.81. The molecular formula is C20H23ClN4OS. The van der Waals surface area contributed by atoms with Crippen LogP contribution in [0.4, 0.5) is 5.69 Å². The topological polar surface area (TPSA) is 70.7 Å². The van der Waals surface area contributed by atoms with Gasteiger partial charge in [-0.25, -0.2) is 4.98 Å². The summed E-state index contributed by atoms with van der Waals surface area (Å²) in [5, 5.41) is 13.0. The van der Waals surface area contributed by atoms with Crippen molar-refractivity contribution in [3.8, 4) is 6.07 Å². The van der Waals surface area contributed by atoms with Crippen LogP contribution in [-0.4, -0.2) is 21.2 Å². The van der Waals surface area contributed by atoms with Crippen molar-refractivity contribution in [1.82, 2.24) is 9.55 Å². The fourth-order valence-electron chi connectivity index (χ4n) is 3.48. The van der Waals surface area contributed by atoms with Crippen molar-refractivity contribution < 1.29 is 4.79 Å². The van der Waals surface area contributed by atoms with E-state index < -0.39 is 0 Å². The van der Waals surface area contributed by atoms with E-state index in [9.17, 15) is 4.79 Å². The maximum atomic E-state index is 12.4. The minimum absolute atomic E-state index is 0.116. The second-order valence-corrected chi connectivity index (χ2v) is 8.22. The molecule has 0 unspecified atom stereocenters. The molecule has 1 aromatic carbocycles. The summed E-state index contributed by atoms with van der Waals surface area (Å²) in [5.41, 5.74) is 3.21. The van der Waals surface area contributed by atoms with Crippen molar-refractivity contribution in [3.05, 3.63) is 40.2 Å². The van der Waals surface area contributed by atoms with E-state index in [0.717, 1.165) is 10.9 Å². The van der Waals surface area contributed by atoms with Gasteiger partial charge in [0.25, 0.3) is 0 Å². The minimum atomic E-state index is -0.116. The Balaban J connectivity index is 1.66. The molecule has 1 aliphatic rings. The highest BCUT2D eigenvalue weighted by atomic mass is 35.5. The first-order valence-corrected chi connectivity index (χ1v) is 10.5. The molecule has 0 radical (unpaired) electrons. The fourth-order valence-corrected chi connectivity index (χ4v) is 4.66. The number of halogens is 1. The summed E-state index contributed by atoms with van der Waals surface area (Å²) < 4.78 is 2.32. The summed E-state index contributed by atoms with van der Waals surface area (Å²) in [6.07, 6.45) is 6.18. The van der Waals surface area contributed by atoms with E-state index in [4.69, 9.17) is 16.9 Å². The number of aryl methyl sites for hydroxylation is 1. The van der Waals surface area contributed by atoms with Gasteiger partial charge in [-0.15, -0.1) is 0 Å². The molecule has 1 amide bonds. The van der Waals surface area contributed by atoms with E-state index >= 15 is 0 Å². The van der Waals surface area contributed by atoms with Crippen molar-refractivity contribution >= 4 is 35.0 Å². The number of anilines is 1. The van der Waals surface area contributed by atoms with Gasteiger partial charge in [0.1, 0.15) is 6.07 Å². The zero-order valence-electron chi connectivity index (χ0n) is 15.6. The molecule has 1 saturated carbocycles. The third-order valence-electron chi connectivity index (χ3n) is 5.00. The van der Waals surface area contributed by atoms with Crippen LogP contribution in [0.2, 0.25) is 5.02 Å². The Hall–Kier alpha value is -1.97. The summed E-state index contributed by atoms with van der Waals surface area (Å²) in [6.45, 7) is 4.14. The van der Waals surface area contributed by atoms with Crippen LogP contribution in [0, 0.1) is 25.2 Å². The van der Waals surface area contributed by atoms with Gasteiger partial charge < -0.3 is 9.88 Å². The molecule has 1 fully saturated rings. The molecule has 0 bridgehead atoms. The average Bonchev–Trinajstić information content (AvgIpc) is 2.95. The number of carbonyl (C=O) groups is 1. The maximum Gasteiger partial charge on any atom is 0.234 e. The summed E-state index contributed by atoms with van der Waals surface area (Å²) in [4.78, 5) is 17.0. The number of aromatic nitrogens is 2. The number of nitrogens with one attached hydrogen (secondary N) is 1. The highest BCUT2D eigenvalue weighted by Crippen LogP contribution is 2.34. The molecule has 1 heterocycles. The maximum absolute atomic E-state index is 12.4. The van der Waals surface area contributed by atoms with Crippen molar-refractivity contribution in [1.29, 1.82) is 5.26 Å². The molecule has 0 spiro atoms. The van der Waals surface area contributed by atoms with Crippen molar-refractivity contribution in [2.24, 2.45) is 0 Å². The van der Waals surface area contributed by atoms with Crippen molar-refractivity contribution in [2.45, 2.75) is 57.1 Å². The predicted octanol–water partition coefficient (Wildman–Crippen LogP) is 5.26. The van der Waals surface area contributed by atoms with E-state index in [1.165, 1.54) is 49.6 Å². The Morgan fingerprint density at radius 3 is 2.78 bits per heavy atom. The van der Waals surface area contributed by atoms with Crippen LogP contribution in [0.15, 0.2) is 23.4 Å². The third-order valence-corrected chi connectivity index (χ3v) is 6.27. The first-order chi connectivity index (χ1) is 13.0. The Kier molecular flexibility index (Phi) is 6.46. The summed E-state index contributed by atoms with van der Waals surface area (Å²) >= 11 is 7.49. The molecule has 1 aliphatic carbocycles. The number of hydrogen-bond donors (Lipinski definition) is 1. The van der Waals surface area contributed by atoms with E-state index in [2.05, 4.69) is 21.8 Å². The molecule has 0 aliphatic heterocycles. The Labute approximate surface area is 169 Å². The number of hydrogen-bond acceptors (Lipinski definition) is 4. The Morgan fingerprint density at radius 1 is 1.37 bits per heavy atom. The van der Waals surface area contributed by atoms with E-state index in [1.54, 1.807) is 18.2 Å². The summed E-state index contributed by atoms with van der Waals surface area (Å²) in [7, 11) is 0. The van der Waals surface area contributed by atoms with Crippen LogP contribution >= 0.6 is 23.4 Å². The molecule has 5 nitrogen and oxygen atoms in total. The zero-order chi connectivity index (χ0) is 19.4.